The fraction of sp³-hybridized carbons (Fsp3) is 0.417. The zero-order chi connectivity index (χ0) is 12.5. The highest BCUT2D eigenvalue weighted by Crippen LogP contribution is 2.32. The molecule has 18 heavy (non-hydrogen) atoms. The van der Waals surface area contributed by atoms with Crippen LogP contribution in [0.2, 0.25) is 0 Å². The van der Waals surface area contributed by atoms with E-state index in [0.29, 0.717) is 43.2 Å². The first-order valence-corrected chi connectivity index (χ1v) is 5.87. The second-order valence-corrected chi connectivity index (χ2v) is 4.31. The summed E-state index contributed by atoms with van der Waals surface area (Å²) in [6.07, 6.45) is 0. The molecule has 0 atom stereocenters. The Morgan fingerprint density at radius 2 is 1.83 bits per heavy atom. The molecule has 1 amide bonds. The van der Waals surface area contributed by atoms with Crippen LogP contribution in [0.15, 0.2) is 18.2 Å². The highest BCUT2D eigenvalue weighted by atomic mass is 16.7. The van der Waals surface area contributed by atoms with Gasteiger partial charge in [0.15, 0.2) is 11.5 Å². The second kappa shape index (κ2) is 4.47. The van der Waals surface area contributed by atoms with E-state index in [4.69, 9.17) is 9.47 Å². The highest BCUT2D eigenvalue weighted by Gasteiger charge is 2.23. The molecule has 0 aromatic heterocycles. The van der Waals surface area contributed by atoms with Gasteiger partial charge in [0.25, 0.3) is 5.91 Å². The minimum Gasteiger partial charge on any atom is -0.454 e. The maximum atomic E-state index is 12.2. The standard InChI is InChI=1S/C12H14N2O4/c15-12(13-3-5-14(16)6-4-13)9-1-2-10-11(7-9)18-8-17-10/h1-2,7,16H,3-6,8H2. The smallest absolute Gasteiger partial charge is 0.254 e. The number of fused-ring (bicyclic) bond motifs is 1. The van der Waals surface area contributed by atoms with Crippen molar-refractivity contribution in [2.45, 2.75) is 0 Å². The first-order chi connectivity index (χ1) is 8.74. The molecule has 1 aromatic rings. The molecule has 0 aliphatic carbocycles. The van der Waals surface area contributed by atoms with Crippen molar-refractivity contribution in [3.8, 4) is 11.5 Å². The predicted molar refractivity (Wildman–Crippen MR) is 61.8 cm³/mol. The number of benzene rings is 1. The van der Waals surface area contributed by atoms with Crippen molar-refractivity contribution in [1.82, 2.24) is 9.96 Å². The van der Waals surface area contributed by atoms with E-state index in [-0.39, 0.29) is 12.7 Å². The fourth-order valence-corrected chi connectivity index (χ4v) is 2.11. The van der Waals surface area contributed by atoms with E-state index >= 15 is 0 Å². The molecule has 1 aromatic carbocycles. The molecule has 2 heterocycles. The van der Waals surface area contributed by atoms with Gasteiger partial charge in [-0.1, -0.05) is 0 Å². The predicted octanol–water partition coefficient (Wildman–Crippen LogP) is 0.562. The zero-order valence-corrected chi connectivity index (χ0v) is 9.83. The molecule has 2 aliphatic heterocycles. The number of nitrogens with zero attached hydrogens (tertiary/aromatic N) is 2. The summed E-state index contributed by atoms with van der Waals surface area (Å²) in [5.41, 5.74) is 0.589. The maximum Gasteiger partial charge on any atom is 0.254 e. The molecule has 0 unspecified atom stereocenters. The summed E-state index contributed by atoms with van der Waals surface area (Å²) in [7, 11) is 0. The Morgan fingerprint density at radius 1 is 1.11 bits per heavy atom. The van der Waals surface area contributed by atoms with Crippen LogP contribution in [0.3, 0.4) is 0 Å². The van der Waals surface area contributed by atoms with Crippen molar-refractivity contribution in [2.75, 3.05) is 33.0 Å². The van der Waals surface area contributed by atoms with Gasteiger partial charge in [-0.25, -0.2) is 0 Å². The summed E-state index contributed by atoms with van der Waals surface area (Å²) >= 11 is 0. The summed E-state index contributed by atoms with van der Waals surface area (Å²) in [5, 5.41) is 10.5. The van der Waals surface area contributed by atoms with Crippen LogP contribution in [-0.4, -0.2) is 54.0 Å². The monoisotopic (exact) mass is 250 g/mol. The van der Waals surface area contributed by atoms with Crippen LogP contribution in [0.25, 0.3) is 0 Å². The molecule has 0 spiro atoms. The lowest BCUT2D eigenvalue weighted by molar-refractivity contribution is -0.112. The first kappa shape index (κ1) is 11.3. The number of ether oxygens (including phenoxy) is 2. The van der Waals surface area contributed by atoms with Crippen LogP contribution < -0.4 is 9.47 Å². The molecule has 0 saturated carbocycles. The third-order valence-corrected chi connectivity index (χ3v) is 3.16. The van der Waals surface area contributed by atoms with E-state index in [1.807, 2.05) is 0 Å². The van der Waals surface area contributed by atoms with Gasteiger partial charge in [-0.15, -0.1) is 0 Å². The molecule has 6 heteroatoms. The van der Waals surface area contributed by atoms with Gasteiger partial charge >= 0.3 is 0 Å². The summed E-state index contributed by atoms with van der Waals surface area (Å²) < 4.78 is 10.5. The lowest BCUT2D eigenvalue weighted by Crippen LogP contribution is -2.47. The molecule has 1 N–H and O–H groups in total. The molecule has 1 fully saturated rings. The van der Waals surface area contributed by atoms with Crippen molar-refractivity contribution in [2.24, 2.45) is 0 Å². The largest absolute Gasteiger partial charge is 0.454 e. The maximum absolute atomic E-state index is 12.2. The number of amides is 1. The Hall–Kier alpha value is -1.79. The highest BCUT2D eigenvalue weighted by molar-refractivity contribution is 5.95. The number of rotatable bonds is 1. The van der Waals surface area contributed by atoms with E-state index in [0.717, 1.165) is 0 Å². The van der Waals surface area contributed by atoms with Crippen LogP contribution in [0.1, 0.15) is 10.4 Å². The van der Waals surface area contributed by atoms with Crippen LogP contribution in [0.5, 0.6) is 11.5 Å². The lowest BCUT2D eigenvalue weighted by atomic mass is 10.1. The molecule has 1 saturated heterocycles. The van der Waals surface area contributed by atoms with Gasteiger partial charge in [0.1, 0.15) is 0 Å². The lowest BCUT2D eigenvalue weighted by Gasteiger charge is -2.31. The van der Waals surface area contributed by atoms with E-state index in [1.54, 1.807) is 23.1 Å². The average molecular weight is 250 g/mol. The van der Waals surface area contributed by atoms with Gasteiger partial charge in [0.2, 0.25) is 6.79 Å². The zero-order valence-electron chi connectivity index (χ0n) is 9.83. The van der Waals surface area contributed by atoms with Crippen LogP contribution in [0, 0.1) is 0 Å². The quantitative estimate of drug-likeness (QED) is 0.789. The summed E-state index contributed by atoms with van der Waals surface area (Å²) in [6.45, 7) is 2.23. The van der Waals surface area contributed by atoms with Gasteiger partial charge in [-0.05, 0) is 18.2 Å². The number of hydroxylamine groups is 2. The van der Waals surface area contributed by atoms with E-state index in [1.165, 1.54) is 5.06 Å². The van der Waals surface area contributed by atoms with Gasteiger partial charge in [-0.2, -0.15) is 5.06 Å². The molecule has 3 rings (SSSR count). The van der Waals surface area contributed by atoms with E-state index in [9.17, 15) is 10.0 Å². The molecule has 96 valence electrons. The molecule has 0 radical (unpaired) electrons. The topological polar surface area (TPSA) is 62.2 Å². The summed E-state index contributed by atoms with van der Waals surface area (Å²) in [4.78, 5) is 14.0. The number of hydrogen-bond donors (Lipinski definition) is 1. The van der Waals surface area contributed by atoms with Gasteiger partial charge < -0.3 is 19.6 Å². The van der Waals surface area contributed by atoms with Gasteiger partial charge in [0, 0.05) is 31.7 Å². The summed E-state index contributed by atoms with van der Waals surface area (Å²) in [6, 6.07) is 5.19. The Kier molecular flexibility index (Phi) is 2.81. The minimum atomic E-state index is -0.0404. The number of piperazine rings is 1. The Labute approximate surface area is 104 Å². The molecular formula is C12H14N2O4. The Bertz CT molecular complexity index is 469. The SMILES string of the molecule is O=C(c1ccc2c(c1)OCO2)N1CCN(O)CC1. The van der Waals surface area contributed by atoms with Crippen molar-refractivity contribution in [1.29, 1.82) is 0 Å². The van der Waals surface area contributed by atoms with Crippen molar-refractivity contribution in [3.63, 3.8) is 0 Å². The fourth-order valence-electron chi connectivity index (χ4n) is 2.11. The molecule has 0 bridgehead atoms. The van der Waals surface area contributed by atoms with Gasteiger partial charge in [0.05, 0.1) is 0 Å². The van der Waals surface area contributed by atoms with Crippen molar-refractivity contribution in [3.05, 3.63) is 23.8 Å². The van der Waals surface area contributed by atoms with E-state index in [2.05, 4.69) is 0 Å². The Morgan fingerprint density at radius 3 is 2.61 bits per heavy atom. The normalized spacial score (nSPS) is 19.1. The van der Waals surface area contributed by atoms with Crippen LogP contribution >= 0.6 is 0 Å². The average Bonchev–Trinajstić information content (AvgIpc) is 2.86. The Balaban J connectivity index is 1.76. The van der Waals surface area contributed by atoms with Crippen molar-refractivity contribution < 1.29 is 19.5 Å². The van der Waals surface area contributed by atoms with Crippen molar-refractivity contribution >= 4 is 5.91 Å². The second-order valence-electron chi connectivity index (χ2n) is 4.31. The third-order valence-electron chi connectivity index (χ3n) is 3.16. The molecule has 2 aliphatic rings. The number of hydrogen-bond acceptors (Lipinski definition) is 5. The molecular weight excluding hydrogens is 236 g/mol. The number of carbonyl (C=O) groups is 1. The van der Waals surface area contributed by atoms with E-state index < -0.39 is 0 Å². The number of carbonyl (C=O) groups excluding carboxylic acids is 1. The van der Waals surface area contributed by atoms with Crippen LogP contribution in [-0.2, 0) is 0 Å². The minimum absolute atomic E-state index is 0.0404. The molecule has 6 nitrogen and oxygen atoms in total. The van der Waals surface area contributed by atoms with Gasteiger partial charge in [-0.3, -0.25) is 4.79 Å². The summed E-state index contributed by atoms with van der Waals surface area (Å²) in [5.74, 6) is 1.25. The van der Waals surface area contributed by atoms with Crippen LogP contribution in [0.4, 0.5) is 0 Å². The third kappa shape index (κ3) is 2.00. The first-order valence-electron chi connectivity index (χ1n) is 5.87.